The maximum atomic E-state index is 12.9. The van der Waals surface area contributed by atoms with Crippen molar-refractivity contribution >= 4 is 28.5 Å². The van der Waals surface area contributed by atoms with Crippen molar-refractivity contribution in [1.29, 1.82) is 0 Å². The minimum Gasteiger partial charge on any atom is -0.486 e. The number of fused-ring (bicyclic) bond motifs is 1. The number of nitrogens with one attached hydrogen (secondary N) is 1. The van der Waals surface area contributed by atoms with Gasteiger partial charge in [-0.15, -0.1) is 0 Å². The highest BCUT2D eigenvalue weighted by molar-refractivity contribution is 14.1. The Bertz CT molecular complexity index is 973. The summed E-state index contributed by atoms with van der Waals surface area (Å²) >= 11 is 2.24. The van der Waals surface area contributed by atoms with E-state index in [0.29, 0.717) is 18.8 Å². The molecular weight excluding hydrogens is 477 g/mol. The van der Waals surface area contributed by atoms with Crippen molar-refractivity contribution < 1.29 is 14.3 Å². The molecule has 0 radical (unpaired) electrons. The molecule has 0 fully saturated rings. The molecule has 4 nitrogen and oxygen atoms in total. The first-order valence-corrected chi connectivity index (χ1v) is 10.8. The second kappa shape index (κ2) is 9.31. The molecule has 3 aromatic carbocycles. The van der Waals surface area contributed by atoms with E-state index in [9.17, 15) is 4.79 Å². The van der Waals surface area contributed by atoms with Crippen LogP contribution in [0.3, 0.4) is 0 Å². The Morgan fingerprint density at radius 2 is 1.66 bits per heavy atom. The molecule has 1 N–H and O–H groups in total. The van der Waals surface area contributed by atoms with Gasteiger partial charge in [0, 0.05) is 9.13 Å². The van der Waals surface area contributed by atoms with Crippen LogP contribution < -0.4 is 14.8 Å². The lowest BCUT2D eigenvalue weighted by Crippen LogP contribution is -2.29. The van der Waals surface area contributed by atoms with Gasteiger partial charge in [-0.2, -0.15) is 0 Å². The molecule has 0 bridgehead atoms. The highest BCUT2D eigenvalue weighted by Gasteiger charge is 2.19. The molecule has 1 amide bonds. The summed E-state index contributed by atoms with van der Waals surface area (Å²) in [5.41, 5.74) is 2.93. The SMILES string of the molecule is O=C(N[C@H](CCc1ccccc1)c1ccc2c(c1)OCCO2)c1ccc(I)cc1. The van der Waals surface area contributed by atoms with Gasteiger partial charge in [0.05, 0.1) is 6.04 Å². The van der Waals surface area contributed by atoms with Gasteiger partial charge in [-0.05, 0) is 83.0 Å². The molecule has 3 aromatic rings. The van der Waals surface area contributed by atoms with E-state index in [1.807, 2.05) is 60.7 Å². The Labute approximate surface area is 184 Å². The Morgan fingerprint density at radius 1 is 0.931 bits per heavy atom. The van der Waals surface area contributed by atoms with Gasteiger partial charge in [-0.1, -0.05) is 36.4 Å². The van der Waals surface area contributed by atoms with Gasteiger partial charge in [-0.3, -0.25) is 4.79 Å². The number of aryl methyl sites for hydroxylation is 1. The van der Waals surface area contributed by atoms with Crippen molar-refractivity contribution in [2.24, 2.45) is 0 Å². The zero-order valence-corrected chi connectivity index (χ0v) is 18.1. The summed E-state index contributed by atoms with van der Waals surface area (Å²) in [6.45, 7) is 1.10. The van der Waals surface area contributed by atoms with Gasteiger partial charge in [0.15, 0.2) is 11.5 Å². The van der Waals surface area contributed by atoms with E-state index in [-0.39, 0.29) is 11.9 Å². The minimum atomic E-state index is -0.127. The third kappa shape index (κ3) is 5.09. The van der Waals surface area contributed by atoms with Crippen LogP contribution in [0.2, 0.25) is 0 Å². The second-order valence-corrected chi connectivity index (χ2v) is 8.21. The minimum absolute atomic E-state index is 0.0747. The zero-order chi connectivity index (χ0) is 20.1. The van der Waals surface area contributed by atoms with E-state index in [1.165, 1.54) is 5.56 Å². The molecule has 0 saturated carbocycles. The molecule has 0 saturated heterocycles. The molecule has 0 spiro atoms. The van der Waals surface area contributed by atoms with Crippen LogP contribution in [0.25, 0.3) is 0 Å². The first kappa shape index (κ1) is 19.8. The summed E-state index contributed by atoms with van der Waals surface area (Å²) in [6, 6.07) is 23.7. The molecule has 0 aliphatic carbocycles. The number of rotatable bonds is 6. The number of hydrogen-bond donors (Lipinski definition) is 1. The average Bonchev–Trinajstić information content (AvgIpc) is 2.77. The maximum absolute atomic E-state index is 12.9. The topological polar surface area (TPSA) is 47.6 Å². The van der Waals surface area contributed by atoms with E-state index < -0.39 is 0 Å². The molecule has 1 heterocycles. The molecule has 5 heteroatoms. The van der Waals surface area contributed by atoms with Crippen LogP contribution in [0.5, 0.6) is 11.5 Å². The Kier molecular flexibility index (Phi) is 6.34. The molecule has 0 aromatic heterocycles. The summed E-state index contributed by atoms with van der Waals surface area (Å²) in [6.07, 6.45) is 1.66. The van der Waals surface area contributed by atoms with Crippen molar-refractivity contribution in [2.45, 2.75) is 18.9 Å². The largest absolute Gasteiger partial charge is 0.486 e. The number of carbonyl (C=O) groups is 1. The number of hydrogen-bond acceptors (Lipinski definition) is 3. The molecule has 1 atom stereocenters. The first-order valence-electron chi connectivity index (χ1n) is 9.69. The van der Waals surface area contributed by atoms with Crippen molar-refractivity contribution in [3.63, 3.8) is 0 Å². The van der Waals surface area contributed by atoms with Crippen LogP contribution >= 0.6 is 22.6 Å². The summed E-state index contributed by atoms with van der Waals surface area (Å²) in [5.74, 6) is 1.42. The summed E-state index contributed by atoms with van der Waals surface area (Å²) in [5, 5.41) is 3.21. The van der Waals surface area contributed by atoms with E-state index in [4.69, 9.17) is 9.47 Å². The molecular formula is C24H22INO3. The molecule has 1 aliphatic rings. The molecule has 1 aliphatic heterocycles. The third-order valence-corrected chi connectivity index (χ3v) is 5.66. The van der Waals surface area contributed by atoms with Crippen molar-refractivity contribution in [2.75, 3.05) is 13.2 Å². The predicted octanol–water partition coefficient (Wildman–Crippen LogP) is 5.17. The molecule has 0 unspecified atom stereocenters. The monoisotopic (exact) mass is 499 g/mol. The average molecular weight is 499 g/mol. The standard InChI is InChI=1S/C24H22INO3/c25-20-10-7-18(8-11-20)24(27)26-21(12-6-17-4-2-1-3-5-17)19-9-13-22-23(16-19)29-15-14-28-22/h1-5,7-11,13,16,21H,6,12,14-15H2,(H,26,27)/t21-/m1/s1. The van der Waals surface area contributed by atoms with Crippen LogP contribution in [-0.2, 0) is 6.42 Å². The van der Waals surface area contributed by atoms with Crippen LogP contribution in [0.15, 0.2) is 72.8 Å². The van der Waals surface area contributed by atoms with E-state index in [1.54, 1.807) is 0 Å². The Hall–Kier alpha value is -2.54. The second-order valence-electron chi connectivity index (χ2n) is 6.96. The lowest BCUT2D eigenvalue weighted by Gasteiger charge is -2.23. The van der Waals surface area contributed by atoms with Gasteiger partial charge >= 0.3 is 0 Å². The summed E-state index contributed by atoms with van der Waals surface area (Å²) in [4.78, 5) is 12.9. The Balaban J connectivity index is 1.56. The maximum Gasteiger partial charge on any atom is 0.251 e. The summed E-state index contributed by atoms with van der Waals surface area (Å²) < 4.78 is 12.5. The van der Waals surface area contributed by atoms with Crippen LogP contribution in [-0.4, -0.2) is 19.1 Å². The lowest BCUT2D eigenvalue weighted by molar-refractivity contribution is 0.0934. The molecule has 4 rings (SSSR count). The smallest absolute Gasteiger partial charge is 0.251 e. The number of ether oxygens (including phenoxy) is 2. The van der Waals surface area contributed by atoms with Crippen LogP contribution in [0.4, 0.5) is 0 Å². The third-order valence-electron chi connectivity index (χ3n) is 4.94. The number of carbonyl (C=O) groups excluding carboxylic acids is 1. The van der Waals surface area contributed by atoms with Gasteiger partial charge < -0.3 is 14.8 Å². The Morgan fingerprint density at radius 3 is 2.41 bits per heavy atom. The highest BCUT2D eigenvalue weighted by Crippen LogP contribution is 2.33. The molecule has 148 valence electrons. The van der Waals surface area contributed by atoms with Gasteiger partial charge in [0.1, 0.15) is 13.2 Å². The normalized spacial score (nSPS) is 13.6. The van der Waals surface area contributed by atoms with E-state index in [2.05, 4.69) is 40.0 Å². The molecule has 29 heavy (non-hydrogen) atoms. The van der Waals surface area contributed by atoms with Crippen molar-refractivity contribution in [1.82, 2.24) is 5.32 Å². The van der Waals surface area contributed by atoms with Gasteiger partial charge in [0.25, 0.3) is 5.91 Å². The predicted molar refractivity (Wildman–Crippen MR) is 122 cm³/mol. The van der Waals surface area contributed by atoms with Crippen molar-refractivity contribution in [3.05, 3.63) is 93.1 Å². The number of amides is 1. The van der Waals surface area contributed by atoms with E-state index in [0.717, 1.165) is 33.5 Å². The fourth-order valence-electron chi connectivity index (χ4n) is 3.40. The van der Waals surface area contributed by atoms with E-state index >= 15 is 0 Å². The first-order chi connectivity index (χ1) is 14.2. The van der Waals surface area contributed by atoms with Crippen LogP contribution in [0.1, 0.15) is 33.9 Å². The van der Waals surface area contributed by atoms with Gasteiger partial charge in [0.2, 0.25) is 0 Å². The lowest BCUT2D eigenvalue weighted by atomic mass is 9.98. The number of benzene rings is 3. The van der Waals surface area contributed by atoms with Gasteiger partial charge in [-0.25, -0.2) is 0 Å². The fourth-order valence-corrected chi connectivity index (χ4v) is 3.76. The highest BCUT2D eigenvalue weighted by atomic mass is 127. The summed E-state index contributed by atoms with van der Waals surface area (Å²) in [7, 11) is 0. The number of halogens is 1. The quantitative estimate of drug-likeness (QED) is 0.477. The van der Waals surface area contributed by atoms with Crippen molar-refractivity contribution in [3.8, 4) is 11.5 Å². The van der Waals surface area contributed by atoms with Crippen LogP contribution in [0, 0.1) is 3.57 Å². The fraction of sp³-hybridized carbons (Fsp3) is 0.208. The zero-order valence-electron chi connectivity index (χ0n) is 15.9.